The van der Waals surface area contributed by atoms with Crippen LogP contribution in [-0.2, 0) is 4.79 Å². The van der Waals surface area contributed by atoms with E-state index in [0.29, 0.717) is 48.3 Å². The van der Waals surface area contributed by atoms with Gasteiger partial charge in [0.25, 0.3) is 0 Å². The molecule has 3 atom stereocenters. The summed E-state index contributed by atoms with van der Waals surface area (Å²) in [6, 6.07) is 7.73. The number of nitrogens with zero attached hydrogens (tertiary/aromatic N) is 4. The van der Waals surface area contributed by atoms with Gasteiger partial charge in [-0.3, -0.25) is 4.79 Å². The molecule has 0 bridgehead atoms. The third kappa shape index (κ3) is 5.20. The van der Waals surface area contributed by atoms with Crippen LogP contribution >= 0.6 is 22.9 Å². The summed E-state index contributed by atoms with van der Waals surface area (Å²) in [4.78, 5) is 27.5. The lowest BCUT2D eigenvalue weighted by Crippen LogP contribution is -2.41. The molecule has 2 aliphatic rings. The zero-order valence-corrected chi connectivity index (χ0v) is 21.0. The van der Waals surface area contributed by atoms with Crippen molar-refractivity contribution in [3.05, 3.63) is 29.4 Å². The van der Waals surface area contributed by atoms with Gasteiger partial charge in [-0.2, -0.15) is 4.98 Å². The van der Waals surface area contributed by atoms with Crippen LogP contribution in [-0.4, -0.2) is 73.9 Å². The standard InChI is InChI=1S/C24H29ClN6O3S/c1-13(33)31-8-6-15(7-9-31)26-24-29-21(25)20(23-28-16-4-2-3-5-19(16)35-23)22(30-24)27-17-10-14(12-32)11-18(17)34/h2-5,14-15,17-18,32,34H,6-12H2,1H3,(H2,26,27,29,30)/t14-,17+,18+/m0/s1. The van der Waals surface area contributed by atoms with Gasteiger partial charge in [-0.05, 0) is 43.7 Å². The second-order valence-electron chi connectivity index (χ2n) is 9.31. The molecule has 1 saturated heterocycles. The normalized spacial score (nSPS) is 23.1. The Morgan fingerprint density at radius 2 is 1.94 bits per heavy atom. The summed E-state index contributed by atoms with van der Waals surface area (Å²) in [7, 11) is 0. The molecule has 0 spiro atoms. The van der Waals surface area contributed by atoms with Gasteiger partial charge in [-0.15, -0.1) is 11.3 Å². The van der Waals surface area contributed by atoms with Crippen molar-refractivity contribution >= 4 is 50.8 Å². The molecule has 3 heterocycles. The average Bonchev–Trinajstić information content (AvgIpc) is 3.42. The number of aromatic nitrogens is 3. The molecule has 1 aliphatic heterocycles. The Morgan fingerprint density at radius 3 is 2.63 bits per heavy atom. The van der Waals surface area contributed by atoms with Crippen molar-refractivity contribution in [3.8, 4) is 10.6 Å². The Labute approximate surface area is 212 Å². The van der Waals surface area contributed by atoms with E-state index in [0.717, 1.165) is 23.1 Å². The second-order valence-corrected chi connectivity index (χ2v) is 10.7. The van der Waals surface area contributed by atoms with Gasteiger partial charge < -0.3 is 25.7 Å². The van der Waals surface area contributed by atoms with Gasteiger partial charge in [0.05, 0.1) is 27.9 Å². The number of likely N-dealkylation sites (tertiary alicyclic amines) is 1. The van der Waals surface area contributed by atoms with E-state index in [-0.39, 0.29) is 35.7 Å². The fraction of sp³-hybridized carbons (Fsp3) is 0.500. The molecule has 1 aliphatic carbocycles. The van der Waals surface area contributed by atoms with E-state index < -0.39 is 6.10 Å². The Balaban J connectivity index is 1.46. The lowest BCUT2D eigenvalue weighted by molar-refractivity contribution is -0.129. The molecule has 3 aromatic rings. The van der Waals surface area contributed by atoms with Crippen LogP contribution in [0.5, 0.6) is 0 Å². The van der Waals surface area contributed by atoms with Crippen LogP contribution in [0.3, 0.4) is 0 Å². The second kappa shape index (κ2) is 10.2. The van der Waals surface area contributed by atoms with E-state index in [2.05, 4.69) is 15.6 Å². The van der Waals surface area contributed by atoms with Gasteiger partial charge in [0.2, 0.25) is 11.9 Å². The number of amides is 1. The number of para-hydroxylation sites is 1. The van der Waals surface area contributed by atoms with Gasteiger partial charge >= 0.3 is 0 Å². The third-order valence-corrected chi connectivity index (χ3v) is 8.18. The number of benzene rings is 1. The average molecular weight is 517 g/mol. The van der Waals surface area contributed by atoms with Crippen molar-refractivity contribution in [1.29, 1.82) is 0 Å². The van der Waals surface area contributed by atoms with Gasteiger partial charge in [-0.25, -0.2) is 9.97 Å². The Hall–Kier alpha value is -2.53. The number of aliphatic hydroxyl groups is 2. The molecule has 0 unspecified atom stereocenters. The summed E-state index contributed by atoms with van der Waals surface area (Å²) >= 11 is 8.25. The maximum absolute atomic E-state index is 11.6. The molecule has 4 N–H and O–H groups in total. The lowest BCUT2D eigenvalue weighted by Gasteiger charge is -2.31. The highest BCUT2D eigenvalue weighted by Gasteiger charge is 2.34. The summed E-state index contributed by atoms with van der Waals surface area (Å²) in [6.45, 7) is 3.00. The number of aliphatic hydroxyl groups excluding tert-OH is 2. The zero-order chi connectivity index (χ0) is 24.5. The number of hydrogen-bond acceptors (Lipinski definition) is 9. The maximum atomic E-state index is 11.6. The summed E-state index contributed by atoms with van der Waals surface area (Å²) in [5.41, 5.74) is 1.47. The van der Waals surface area contributed by atoms with Crippen molar-refractivity contribution in [2.75, 3.05) is 30.3 Å². The molecule has 2 aromatic heterocycles. The topological polar surface area (TPSA) is 124 Å². The molecule has 1 saturated carbocycles. The number of carbonyl (C=O) groups excluding carboxylic acids is 1. The zero-order valence-electron chi connectivity index (χ0n) is 19.4. The van der Waals surface area contributed by atoms with Crippen molar-refractivity contribution in [2.24, 2.45) is 5.92 Å². The van der Waals surface area contributed by atoms with Crippen LogP contribution in [0, 0.1) is 5.92 Å². The number of anilines is 2. The van der Waals surface area contributed by atoms with Gasteiger partial charge in [0, 0.05) is 32.7 Å². The molecule has 0 radical (unpaired) electrons. The van der Waals surface area contributed by atoms with Crippen molar-refractivity contribution < 1.29 is 15.0 Å². The lowest BCUT2D eigenvalue weighted by atomic mass is 10.1. The van der Waals surface area contributed by atoms with Crippen molar-refractivity contribution in [1.82, 2.24) is 19.9 Å². The van der Waals surface area contributed by atoms with E-state index >= 15 is 0 Å². The highest BCUT2D eigenvalue weighted by Crippen LogP contribution is 2.40. The molecule has 1 amide bonds. The minimum absolute atomic E-state index is 0.0368. The van der Waals surface area contributed by atoms with E-state index in [1.807, 2.05) is 29.2 Å². The number of hydrogen-bond donors (Lipinski definition) is 4. The Kier molecular flexibility index (Phi) is 7.06. The van der Waals surface area contributed by atoms with Crippen LogP contribution in [0.25, 0.3) is 20.8 Å². The fourth-order valence-corrected chi connectivity index (χ4v) is 6.22. The first-order chi connectivity index (χ1) is 16.9. The minimum atomic E-state index is -0.601. The number of thiazole rings is 1. The monoisotopic (exact) mass is 516 g/mol. The first kappa shape index (κ1) is 24.2. The number of rotatable bonds is 6. The molecule has 11 heteroatoms. The predicted molar refractivity (Wildman–Crippen MR) is 138 cm³/mol. The number of carbonyl (C=O) groups is 1. The van der Waals surface area contributed by atoms with Crippen molar-refractivity contribution in [3.63, 3.8) is 0 Å². The van der Waals surface area contributed by atoms with Crippen LogP contribution in [0.15, 0.2) is 24.3 Å². The van der Waals surface area contributed by atoms with Crippen LogP contribution < -0.4 is 10.6 Å². The molecular formula is C24H29ClN6O3S. The first-order valence-corrected chi connectivity index (χ1v) is 13.1. The molecule has 5 rings (SSSR count). The van der Waals surface area contributed by atoms with E-state index in [1.54, 1.807) is 6.92 Å². The van der Waals surface area contributed by atoms with Gasteiger partial charge in [-0.1, -0.05) is 23.7 Å². The maximum Gasteiger partial charge on any atom is 0.226 e. The van der Waals surface area contributed by atoms with E-state index in [9.17, 15) is 15.0 Å². The minimum Gasteiger partial charge on any atom is -0.396 e. The summed E-state index contributed by atoms with van der Waals surface area (Å²) < 4.78 is 1.03. The molecular weight excluding hydrogens is 488 g/mol. The highest BCUT2D eigenvalue weighted by atomic mass is 35.5. The number of piperidine rings is 1. The molecule has 35 heavy (non-hydrogen) atoms. The van der Waals surface area contributed by atoms with Crippen LogP contribution in [0.2, 0.25) is 5.15 Å². The fourth-order valence-electron chi connectivity index (χ4n) is 4.89. The van der Waals surface area contributed by atoms with Crippen LogP contribution in [0.4, 0.5) is 11.8 Å². The summed E-state index contributed by atoms with van der Waals surface area (Å²) in [5.74, 6) is 1.03. The predicted octanol–water partition coefficient (Wildman–Crippen LogP) is 3.37. The summed E-state index contributed by atoms with van der Waals surface area (Å²) in [5, 5.41) is 27.9. The molecule has 9 nitrogen and oxygen atoms in total. The molecule has 1 aromatic carbocycles. The van der Waals surface area contributed by atoms with Crippen LogP contribution in [0.1, 0.15) is 32.6 Å². The summed E-state index contributed by atoms with van der Waals surface area (Å²) in [6.07, 6.45) is 2.15. The van der Waals surface area contributed by atoms with E-state index in [4.69, 9.17) is 21.6 Å². The number of halogens is 1. The third-order valence-electron chi connectivity index (χ3n) is 6.85. The van der Waals surface area contributed by atoms with E-state index in [1.165, 1.54) is 11.3 Å². The molecule has 186 valence electrons. The first-order valence-electron chi connectivity index (χ1n) is 11.9. The Morgan fingerprint density at radius 1 is 1.17 bits per heavy atom. The number of fused-ring (bicyclic) bond motifs is 1. The largest absolute Gasteiger partial charge is 0.396 e. The van der Waals surface area contributed by atoms with Crippen molar-refractivity contribution in [2.45, 2.75) is 50.8 Å². The highest BCUT2D eigenvalue weighted by molar-refractivity contribution is 7.21. The SMILES string of the molecule is CC(=O)N1CCC(Nc2nc(Cl)c(-c3nc4ccccc4s3)c(N[C@@H]3C[C@H](CO)C[C@H]3O)n2)CC1. The smallest absolute Gasteiger partial charge is 0.226 e. The van der Waals surface area contributed by atoms with Gasteiger partial charge in [0.15, 0.2) is 0 Å². The Bertz CT molecular complexity index is 1180. The molecule has 2 fully saturated rings. The number of nitrogens with one attached hydrogen (secondary N) is 2. The quantitative estimate of drug-likeness (QED) is 0.368. The van der Waals surface area contributed by atoms with Gasteiger partial charge in [0.1, 0.15) is 16.0 Å².